The number of nitrogens with one attached hydrogen (secondary N) is 1. The minimum absolute atomic E-state index is 0.171. The van der Waals surface area contributed by atoms with Crippen LogP contribution in [0.25, 0.3) is 0 Å². The molecule has 0 bridgehead atoms. The maximum absolute atomic E-state index is 13.1. The minimum atomic E-state index is -5.71. The molecule has 0 aliphatic carbocycles. The van der Waals surface area contributed by atoms with Crippen molar-refractivity contribution in [3.63, 3.8) is 0 Å². The molecule has 176 valence electrons. The number of aliphatic imine (C=N–C) groups is 1. The number of non-ortho nitro benzene ring substituents is 1. The molecule has 0 saturated carbocycles. The lowest BCUT2D eigenvalue weighted by molar-refractivity contribution is -0.384. The summed E-state index contributed by atoms with van der Waals surface area (Å²) in [4.78, 5) is 15.1. The fourth-order valence-corrected chi connectivity index (χ4v) is 5.85. The van der Waals surface area contributed by atoms with Gasteiger partial charge in [-0.3, -0.25) is 14.8 Å². The quantitative estimate of drug-likeness (QED) is 0.382. The first-order valence-corrected chi connectivity index (χ1v) is 12.1. The van der Waals surface area contributed by atoms with E-state index in [0.717, 1.165) is 11.8 Å². The Morgan fingerprint density at radius 3 is 1.97 bits per heavy atom. The van der Waals surface area contributed by atoms with Crippen LogP contribution in [0, 0.1) is 10.1 Å². The number of sulfonamides is 1. The van der Waals surface area contributed by atoms with Gasteiger partial charge in [0.15, 0.2) is 5.17 Å². The van der Waals surface area contributed by atoms with E-state index in [1.54, 1.807) is 65.4 Å². The van der Waals surface area contributed by atoms with Gasteiger partial charge in [-0.05, 0) is 28.8 Å². The lowest BCUT2D eigenvalue weighted by atomic mass is 9.78. The van der Waals surface area contributed by atoms with Gasteiger partial charge in [-0.1, -0.05) is 72.4 Å². The van der Waals surface area contributed by atoms with Crippen LogP contribution in [0.2, 0.25) is 0 Å². The Balaban J connectivity index is 1.95. The standard InChI is InChI=1S/C22H16F3N3O4S2/c23-22(24,25)34(31,32)27-20-26-21(16-9-5-2-6-10-16,17-11-13-18(14-12-17)28(29)30)19(33-20)15-7-3-1-4-8-15/h1-14,19H,(H,26,27). The zero-order valence-electron chi connectivity index (χ0n) is 17.1. The highest BCUT2D eigenvalue weighted by molar-refractivity contribution is 8.15. The van der Waals surface area contributed by atoms with Gasteiger partial charge in [0.25, 0.3) is 5.69 Å². The van der Waals surface area contributed by atoms with Crippen LogP contribution in [0.5, 0.6) is 0 Å². The number of rotatable bonds is 5. The molecule has 0 radical (unpaired) electrons. The van der Waals surface area contributed by atoms with Crippen molar-refractivity contribution in [1.82, 2.24) is 4.72 Å². The van der Waals surface area contributed by atoms with Gasteiger partial charge in [-0.25, -0.2) is 4.99 Å². The molecular formula is C22H16F3N3O4S2. The second kappa shape index (κ2) is 8.76. The number of hydrogen-bond acceptors (Lipinski definition) is 6. The average Bonchev–Trinajstić information content (AvgIpc) is 3.19. The molecule has 1 aliphatic rings. The number of nitro benzene ring substituents is 1. The van der Waals surface area contributed by atoms with Crippen molar-refractivity contribution in [2.24, 2.45) is 4.99 Å². The van der Waals surface area contributed by atoms with Crippen molar-refractivity contribution in [3.05, 3.63) is 112 Å². The Kier molecular flexibility index (Phi) is 6.13. The van der Waals surface area contributed by atoms with E-state index in [2.05, 4.69) is 4.99 Å². The SMILES string of the molecule is O=[N+]([O-])c1ccc(C2(c3ccccc3)N=C(NS(=O)(=O)C(F)(F)F)SC2c2ccccc2)cc1. The number of halogens is 3. The monoisotopic (exact) mass is 507 g/mol. The maximum Gasteiger partial charge on any atom is 0.516 e. The van der Waals surface area contributed by atoms with Crippen molar-refractivity contribution in [2.45, 2.75) is 16.3 Å². The van der Waals surface area contributed by atoms with E-state index < -0.39 is 36.4 Å². The normalized spacial score (nSPS) is 20.6. The first-order chi connectivity index (χ1) is 16.0. The highest BCUT2D eigenvalue weighted by Gasteiger charge is 2.52. The Morgan fingerprint density at radius 2 is 1.44 bits per heavy atom. The summed E-state index contributed by atoms with van der Waals surface area (Å²) in [7, 11) is -5.71. The largest absolute Gasteiger partial charge is 0.516 e. The summed E-state index contributed by atoms with van der Waals surface area (Å²) in [5.41, 5.74) is -5.36. The van der Waals surface area contributed by atoms with Crippen LogP contribution in [0.4, 0.5) is 18.9 Å². The third-order valence-corrected chi connectivity index (χ3v) is 7.71. The van der Waals surface area contributed by atoms with Crippen LogP contribution in [-0.2, 0) is 15.6 Å². The molecule has 1 heterocycles. The minimum Gasteiger partial charge on any atom is -0.258 e. The first kappa shape index (κ1) is 23.8. The maximum atomic E-state index is 13.1. The molecule has 0 saturated heterocycles. The van der Waals surface area contributed by atoms with Gasteiger partial charge in [-0.15, -0.1) is 0 Å². The Morgan fingerprint density at radius 1 is 0.912 bits per heavy atom. The molecular weight excluding hydrogens is 491 g/mol. The van der Waals surface area contributed by atoms with Crippen molar-refractivity contribution in [3.8, 4) is 0 Å². The molecule has 34 heavy (non-hydrogen) atoms. The fourth-order valence-electron chi connectivity index (χ4n) is 3.73. The van der Waals surface area contributed by atoms with Gasteiger partial charge in [0.05, 0.1) is 10.2 Å². The smallest absolute Gasteiger partial charge is 0.258 e. The number of hydrogen-bond donors (Lipinski definition) is 1. The summed E-state index contributed by atoms with van der Waals surface area (Å²) in [6.07, 6.45) is 0. The molecule has 1 N–H and O–H groups in total. The van der Waals surface area contributed by atoms with Crippen molar-refractivity contribution in [2.75, 3.05) is 0 Å². The third kappa shape index (κ3) is 4.26. The predicted molar refractivity (Wildman–Crippen MR) is 123 cm³/mol. The van der Waals surface area contributed by atoms with Crippen LogP contribution >= 0.6 is 11.8 Å². The summed E-state index contributed by atoms with van der Waals surface area (Å²) in [6.45, 7) is 0. The van der Waals surface area contributed by atoms with Crippen LogP contribution in [0.3, 0.4) is 0 Å². The highest BCUT2D eigenvalue weighted by atomic mass is 32.2. The van der Waals surface area contributed by atoms with Crippen LogP contribution < -0.4 is 4.72 Å². The summed E-state index contributed by atoms with van der Waals surface area (Å²) in [5, 5.41) is 10.0. The van der Waals surface area contributed by atoms with Gasteiger partial charge in [0, 0.05) is 12.1 Å². The van der Waals surface area contributed by atoms with E-state index in [1.165, 1.54) is 24.3 Å². The Bertz CT molecular complexity index is 1330. The molecule has 12 heteroatoms. The Hall–Kier alpha value is -3.38. The zero-order chi connectivity index (χ0) is 24.6. The number of nitro groups is 1. The van der Waals surface area contributed by atoms with E-state index in [1.807, 2.05) is 0 Å². The second-order valence-electron chi connectivity index (χ2n) is 7.31. The lowest BCUT2D eigenvalue weighted by Crippen LogP contribution is -2.38. The van der Waals surface area contributed by atoms with Crippen molar-refractivity contribution in [1.29, 1.82) is 0 Å². The van der Waals surface area contributed by atoms with Crippen LogP contribution in [0.1, 0.15) is 21.9 Å². The number of benzene rings is 3. The number of amidine groups is 1. The molecule has 0 spiro atoms. The molecule has 0 aromatic heterocycles. The van der Waals surface area contributed by atoms with Gasteiger partial charge < -0.3 is 0 Å². The second-order valence-corrected chi connectivity index (χ2v) is 10.1. The van der Waals surface area contributed by atoms with Gasteiger partial charge in [0.2, 0.25) is 0 Å². The number of nitrogens with zero attached hydrogens (tertiary/aromatic N) is 2. The van der Waals surface area contributed by atoms with Gasteiger partial charge in [-0.2, -0.15) is 21.6 Å². The molecule has 2 atom stereocenters. The lowest BCUT2D eigenvalue weighted by Gasteiger charge is -2.33. The summed E-state index contributed by atoms with van der Waals surface area (Å²) in [6, 6.07) is 23.0. The topological polar surface area (TPSA) is 102 Å². The molecule has 3 aromatic rings. The van der Waals surface area contributed by atoms with E-state index in [9.17, 15) is 31.7 Å². The average molecular weight is 508 g/mol. The van der Waals surface area contributed by atoms with E-state index >= 15 is 0 Å². The van der Waals surface area contributed by atoms with E-state index in [0.29, 0.717) is 16.7 Å². The predicted octanol–water partition coefficient (Wildman–Crippen LogP) is 5.12. The molecule has 1 aliphatic heterocycles. The summed E-state index contributed by atoms with van der Waals surface area (Å²) in [5.74, 6) is 0. The molecule has 0 amide bonds. The fraction of sp³-hybridized carbons (Fsp3) is 0.136. The van der Waals surface area contributed by atoms with Crippen molar-refractivity contribution < 1.29 is 26.5 Å². The third-order valence-electron chi connectivity index (χ3n) is 5.25. The molecule has 3 aromatic carbocycles. The number of alkyl halides is 3. The van der Waals surface area contributed by atoms with Crippen LogP contribution in [0.15, 0.2) is 89.9 Å². The van der Waals surface area contributed by atoms with Gasteiger partial charge in [0.1, 0.15) is 5.54 Å². The molecule has 7 nitrogen and oxygen atoms in total. The van der Waals surface area contributed by atoms with Gasteiger partial charge >= 0.3 is 15.5 Å². The number of thioether (sulfide) groups is 1. The summed E-state index contributed by atoms with van der Waals surface area (Å²) < 4.78 is 64.5. The summed E-state index contributed by atoms with van der Waals surface area (Å²) >= 11 is 0.840. The van der Waals surface area contributed by atoms with E-state index in [-0.39, 0.29) is 5.69 Å². The Labute approximate surface area is 196 Å². The first-order valence-electron chi connectivity index (χ1n) is 9.75. The highest BCUT2D eigenvalue weighted by Crippen LogP contribution is 2.56. The zero-order valence-corrected chi connectivity index (χ0v) is 18.8. The molecule has 4 rings (SSSR count). The van der Waals surface area contributed by atoms with Crippen molar-refractivity contribution >= 4 is 32.6 Å². The van der Waals surface area contributed by atoms with Crippen LogP contribution in [-0.4, -0.2) is 24.0 Å². The van der Waals surface area contributed by atoms with E-state index in [4.69, 9.17) is 0 Å². The molecule has 0 fully saturated rings. The molecule has 2 unspecified atom stereocenters.